The van der Waals surface area contributed by atoms with E-state index in [0.717, 1.165) is 10.9 Å². The van der Waals surface area contributed by atoms with Gasteiger partial charge in [0.25, 0.3) is 5.56 Å². The first kappa shape index (κ1) is 28.1. The van der Waals surface area contributed by atoms with Gasteiger partial charge in [-0.3, -0.25) is 4.79 Å². The molecule has 8 nitrogen and oxygen atoms in total. The molecular formula is C25H26Br2ClN3O5. The largest absolute Gasteiger partial charge is 0.493 e. The highest BCUT2D eigenvalue weighted by atomic mass is 79.9. The molecule has 11 heteroatoms. The van der Waals surface area contributed by atoms with Gasteiger partial charge < -0.3 is 14.2 Å². The monoisotopic (exact) mass is 641 g/mol. The standard InChI is InChI=1S/C25H26Br2ClN3O5/c1-6-13(3)23-30-18-9-8-16(26)11-17(18)24(32)31(23)29-12-15-10-19(34-5)22(21(28)20(15)27)36-14(4)25(33)35-7-2/h8-14H,6-7H2,1-5H3/t13-,14-/m0/s1. The van der Waals surface area contributed by atoms with Gasteiger partial charge >= 0.3 is 5.97 Å². The zero-order valence-corrected chi connectivity index (χ0v) is 24.4. The number of carbonyl (C=O) groups excluding carboxylic acids is 1. The lowest BCUT2D eigenvalue weighted by atomic mass is 10.1. The van der Waals surface area contributed by atoms with E-state index in [4.69, 9.17) is 30.8 Å². The molecule has 36 heavy (non-hydrogen) atoms. The van der Waals surface area contributed by atoms with Gasteiger partial charge in [-0.2, -0.15) is 9.78 Å². The lowest BCUT2D eigenvalue weighted by Crippen LogP contribution is -2.26. The molecule has 1 heterocycles. The van der Waals surface area contributed by atoms with E-state index >= 15 is 0 Å². The summed E-state index contributed by atoms with van der Waals surface area (Å²) < 4.78 is 18.7. The van der Waals surface area contributed by atoms with E-state index in [1.807, 2.05) is 19.9 Å². The smallest absolute Gasteiger partial charge is 0.347 e. The Labute approximate surface area is 230 Å². The van der Waals surface area contributed by atoms with Gasteiger partial charge in [0.1, 0.15) is 10.8 Å². The molecule has 0 amide bonds. The second kappa shape index (κ2) is 12.2. The van der Waals surface area contributed by atoms with Crippen molar-refractivity contribution < 1.29 is 19.0 Å². The Morgan fingerprint density at radius 2 is 1.97 bits per heavy atom. The molecule has 0 saturated carbocycles. The number of halogens is 3. The summed E-state index contributed by atoms with van der Waals surface area (Å²) in [5.74, 6) is 0.481. The van der Waals surface area contributed by atoms with Crippen LogP contribution in [0.15, 0.2) is 43.1 Å². The Kier molecular flexibility index (Phi) is 9.54. The zero-order chi connectivity index (χ0) is 26.6. The lowest BCUT2D eigenvalue weighted by Gasteiger charge is -2.18. The number of ether oxygens (including phenoxy) is 3. The van der Waals surface area contributed by atoms with Crippen LogP contribution in [-0.2, 0) is 9.53 Å². The minimum atomic E-state index is -0.901. The Hall–Kier alpha value is -2.43. The fourth-order valence-electron chi connectivity index (χ4n) is 3.34. The summed E-state index contributed by atoms with van der Waals surface area (Å²) in [7, 11) is 1.46. The highest BCUT2D eigenvalue weighted by Crippen LogP contribution is 2.42. The first-order valence-electron chi connectivity index (χ1n) is 11.3. The molecule has 2 aromatic carbocycles. The Morgan fingerprint density at radius 3 is 2.61 bits per heavy atom. The number of fused-ring (bicyclic) bond motifs is 1. The highest BCUT2D eigenvalue weighted by molar-refractivity contribution is 9.10. The first-order chi connectivity index (χ1) is 17.1. The van der Waals surface area contributed by atoms with Crippen molar-refractivity contribution in [1.29, 1.82) is 0 Å². The maximum Gasteiger partial charge on any atom is 0.347 e. The minimum Gasteiger partial charge on any atom is -0.493 e. The Morgan fingerprint density at radius 1 is 1.25 bits per heavy atom. The summed E-state index contributed by atoms with van der Waals surface area (Å²) >= 11 is 13.5. The van der Waals surface area contributed by atoms with Crippen LogP contribution in [0.2, 0.25) is 5.02 Å². The first-order valence-corrected chi connectivity index (χ1v) is 13.2. The third-order valence-corrected chi connectivity index (χ3v) is 7.42. The molecule has 1 aromatic heterocycles. The number of rotatable bonds is 9. The predicted molar refractivity (Wildman–Crippen MR) is 148 cm³/mol. The summed E-state index contributed by atoms with van der Waals surface area (Å²) in [5, 5.41) is 5.11. The maximum atomic E-state index is 13.4. The van der Waals surface area contributed by atoms with E-state index in [-0.39, 0.29) is 34.6 Å². The van der Waals surface area contributed by atoms with Crippen molar-refractivity contribution in [3.8, 4) is 11.5 Å². The van der Waals surface area contributed by atoms with E-state index in [1.165, 1.54) is 18.0 Å². The van der Waals surface area contributed by atoms with Gasteiger partial charge in [-0.25, -0.2) is 9.78 Å². The summed E-state index contributed by atoms with van der Waals surface area (Å²) in [6.45, 7) is 7.52. The van der Waals surface area contributed by atoms with Crippen molar-refractivity contribution >= 4 is 66.5 Å². The van der Waals surface area contributed by atoms with Crippen LogP contribution >= 0.6 is 43.5 Å². The van der Waals surface area contributed by atoms with Gasteiger partial charge in [0.15, 0.2) is 17.6 Å². The fourth-order valence-corrected chi connectivity index (χ4v) is 4.35. The number of carbonyl (C=O) groups is 1. The van der Waals surface area contributed by atoms with E-state index in [9.17, 15) is 9.59 Å². The third-order valence-electron chi connectivity index (χ3n) is 5.49. The maximum absolute atomic E-state index is 13.4. The van der Waals surface area contributed by atoms with Gasteiger partial charge in [-0.05, 0) is 60.5 Å². The summed E-state index contributed by atoms with van der Waals surface area (Å²) in [6.07, 6.45) is 1.37. The van der Waals surface area contributed by atoms with Crippen molar-refractivity contribution in [2.75, 3.05) is 13.7 Å². The molecule has 0 aliphatic heterocycles. The number of aromatic nitrogens is 2. The number of hydrogen-bond acceptors (Lipinski definition) is 7. The average Bonchev–Trinajstić information content (AvgIpc) is 2.86. The molecule has 2 atom stereocenters. The Balaban J connectivity index is 2.10. The molecule has 0 fully saturated rings. The molecular weight excluding hydrogens is 618 g/mol. The fraction of sp³-hybridized carbons (Fsp3) is 0.360. The van der Waals surface area contributed by atoms with E-state index in [0.29, 0.717) is 26.8 Å². The number of esters is 1. The van der Waals surface area contributed by atoms with E-state index in [2.05, 4.69) is 37.0 Å². The minimum absolute atomic E-state index is 0.00963. The van der Waals surface area contributed by atoms with Crippen LogP contribution < -0.4 is 15.0 Å². The Bertz CT molecular complexity index is 1380. The second-order valence-electron chi connectivity index (χ2n) is 7.94. The molecule has 3 aromatic rings. The van der Waals surface area contributed by atoms with Crippen LogP contribution in [0.3, 0.4) is 0 Å². The third kappa shape index (κ3) is 5.92. The van der Waals surface area contributed by atoms with Crippen molar-refractivity contribution in [2.24, 2.45) is 5.10 Å². The van der Waals surface area contributed by atoms with Crippen LogP contribution in [0, 0.1) is 0 Å². The van der Waals surface area contributed by atoms with Gasteiger partial charge in [0, 0.05) is 20.4 Å². The van der Waals surface area contributed by atoms with Crippen LogP contribution in [-0.4, -0.2) is 41.7 Å². The number of methoxy groups -OCH3 is 1. The van der Waals surface area contributed by atoms with Crippen LogP contribution in [0.25, 0.3) is 10.9 Å². The van der Waals surface area contributed by atoms with E-state index < -0.39 is 12.1 Å². The van der Waals surface area contributed by atoms with Crippen molar-refractivity contribution in [3.63, 3.8) is 0 Å². The second-order valence-corrected chi connectivity index (χ2v) is 10.0. The van der Waals surface area contributed by atoms with Crippen LogP contribution in [0.4, 0.5) is 0 Å². The number of hydrogen-bond donors (Lipinski definition) is 0. The molecule has 3 rings (SSSR count). The molecule has 0 saturated heterocycles. The number of benzene rings is 2. The molecule has 0 spiro atoms. The van der Waals surface area contributed by atoms with Crippen LogP contribution in [0.1, 0.15) is 51.4 Å². The zero-order valence-electron chi connectivity index (χ0n) is 20.5. The number of nitrogens with zero attached hydrogens (tertiary/aromatic N) is 3. The molecule has 0 bridgehead atoms. The van der Waals surface area contributed by atoms with Gasteiger partial charge in [0.05, 0.1) is 30.8 Å². The molecule has 0 unspecified atom stereocenters. The summed E-state index contributed by atoms with van der Waals surface area (Å²) in [4.78, 5) is 30.1. The molecule has 0 N–H and O–H groups in total. The topological polar surface area (TPSA) is 92.0 Å². The normalized spacial score (nSPS) is 13.1. The SMILES string of the molecule is CCOC(=O)[C@H](C)Oc1c(OC)cc(C=Nn2c([C@@H](C)CC)nc3ccc(Br)cc3c2=O)c(Br)c1Cl. The lowest BCUT2D eigenvalue weighted by molar-refractivity contribution is -0.150. The van der Waals surface area contributed by atoms with Gasteiger partial charge in [0.2, 0.25) is 0 Å². The molecule has 0 aliphatic carbocycles. The van der Waals surface area contributed by atoms with Crippen molar-refractivity contribution in [2.45, 2.75) is 46.1 Å². The predicted octanol–water partition coefficient (Wildman–Crippen LogP) is 6.31. The van der Waals surface area contributed by atoms with E-state index in [1.54, 1.807) is 32.0 Å². The van der Waals surface area contributed by atoms with Crippen LogP contribution in [0.5, 0.6) is 11.5 Å². The van der Waals surface area contributed by atoms with Gasteiger partial charge in [-0.1, -0.05) is 41.4 Å². The molecule has 192 valence electrons. The van der Waals surface area contributed by atoms with Gasteiger partial charge in [-0.15, -0.1) is 0 Å². The van der Waals surface area contributed by atoms with Crippen molar-refractivity contribution in [1.82, 2.24) is 9.66 Å². The molecule has 0 radical (unpaired) electrons. The molecule has 0 aliphatic rings. The average molecular weight is 644 g/mol. The summed E-state index contributed by atoms with van der Waals surface area (Å²) in [5.41, 5.74) is 0.850. The highest BCUT2D eigenvalue weighted by Gasteiger charge is 2.23. The summed E-state index contributed by atoms with van der Waals surface area (Å²) in [6, 6.07) is 7.02. The van der Waals surface area contributed by atoms with Crippen molar-refractivity contribution in [3.05, 3.63) is 60.0 Å². The quantitative estimate of drug-likeness (QED) is 0.201.